The quantitative estimate of drug-likeness (QED) is 0.728. The molecule has 1 nitrogen and oxygen atoms in total. The van der Waals surface area contributed by atoms with Gasteiger partial charge in [-0.1, -0.05) is 12.1 Å². The third-order valence-corrected chi connectivity index (χ3v) is 2.59. The Kier molecular flexibility index (Phi) is 2.26. The van der Waals surface area contributed by atoms with E-state index in [1.54, 1.807) is 11.1 Å². The Hall–Kier alpha value is -0.980. The van der Waals surface area contributed by atoms with Crippen molar-refractivity contribution in [3.8, 4) is 0 Å². The molecule has 0 spiro atoms. The van der Waals surface area contributed by atoms with Crippen LogP contribution in [0.2, 0.25) is 0 Å². The number of fused-ring (bicyclic) bond motifs is 1. The fourth-order valence-electron chi connectivity index (χ4n) is 2.07. The number of hydrogen-bond acceptors (Lipinski definition) is 1. The van der Waals surface area contributed by atoms with Crippen LogP contribution in [-0.2, 0) is 12.8 Å². The van der Waals surface area contributed by atoms with E-state index in [2.05, 4.69) is 37.4 Å². The molecule has 0 bridgehead atoms. The number of nitrogens with one attached hydrogen (secondary N) is 1. The Morgan fingerprint density at radius 1 is 1.23 bits per heavy atom. The van der Waals surface area contributed by atoms with Gasteiger partial charge in [0.2, 0.25) is 0 Å². The van der Waals surface area contributed by atoms with Crippen LogP contribution in [0, 0.1) is 0 Å². The summed E-state index contributed by atoms with van der Waals surface area (Å²) >= 11 is 0. The monoisotopic (exact) mass is 175 g/mol. The van der Waals surface area contributed by atoms with Crippen molar-refractivity contribution in [1.82, 2.24) is 0 Å². The van der Waals surface area contributed by atoms with E-state index in [1.165, 1.54) is 24.9 Å². The van der Waals surface area contributed by atoms with E-state index in [1.807, 2.05) is 0 Å². The molecular formula is C12H17N. The Morgan fingerprint density at radius 3 is 2.85 bits per heavy atom. The third kappa shape index (κ3) is 1.69. The molecule has 0 unspecified atom stereocenters. The van der Waals surface area contributed by atoms with Gasteiger partial charge >= 0.3 is 0 Å². The Morgan fingerprint density at radius 2 is 2.08 bits per heavy atom. The lowest BCUT2D eigenvalue weighted by Gasteiger charge is -2.13. The average Bonchev–Trinajstić information content (AvgIpc) is 2.51. The molecule has 0 aromatic heterocycles. The van der Waals surface area contributed by atoms with Gasteiger partial charge < -0.3 is 5.32 Å². The number of benzene rings is 1. The van der Waals surface area contributed by atoms with Crippen molar-refractivity contribution in [3.05, 3.63) is 29.3 Å². The maximum absolute atomic E-state index is 3.51. The molecule has 0 saturated heterocycles. The summed E-state index contributed by atoms with van der Waals surface area (Å²) in [6.07, 6.45) is 3.85. The van der Waals surface area contributed by atoms with Gasteiger partial charge in [-0.05, 0) is 50.3 Å². The minimum Gasteiger partial charge on any atom is -0.383 e. The first kappa shape index (κ1) is 8.61. The lowest BCUT2D eigenvalue weighted by molar-refractivity contribution is 0.887. The maximum atomic E-state index is 3.51. The van der Waals surface area contributed by atoms with Crippen LogP contribution in [0.25, 0.3) is 0 Å². The normalized spacial score (nSPS) is 14.7. The molecular weight excluding hydrogens is 158 g/mol. The van der Waals surface area contributed by atoms with E-state index in [0.29, 0.717) is 6.04 Å². The summed E-state index contributed by atoms with van der Waals surface area (Å²) in [7, 11) is 0. The summed E-state index contributed by atoms with van der Waals surface area (Å²) in [4.78, 5) is 0. The zero-order valence-corrected chi connectivity index (χ0v) is 8.43. The first-order chi connectivity index (χ1) is 6.27. The molecule has 0 heterocycles. The highest BCUT2D eigenvalue weighted by molar-refractivity contribution is 5.56. The van der Waals surface area contributed by atoms with Crippen LogP contribution in [0.3, 0.4) is 0 Å². The molecule has 1 heteroatoms. The summed E-state index contributed by atoms with van der Waals surface area (Å²) in [5, 5.41) is 3.51. The number of anilines is 1. The van der Waals surface area contributed by atoms with Gasteiger partial charge in [-0.25, -0.2) is 0 Å². The topological polar surface area (TPSA) is 12.0 Å². The van der Waals surface area contributed by atoms with Gasteiger partial charge in [0.05, 0.1) is 0 Å². The van der Waals surface area contributed by atoms with Crippen LogP contribution in [0.4, 0.5) is 5.69 Å². The minimum atomic E-state index is 0.534. The zero-order chi connectivity index (χ0) is 9.26. The molecule has 70 valence electrons. The molecule has 2 rings (SSSR count). The number of hydrogen-bond donors (Lipinski definition) is 1. The average molecular weight is 175 g/mol. The van der Waals surface area contributed by atoms with E-state index in [4.69, 9.17) is 0 Å². The second-order valence-electron chi connectivity index (χ2n) is 4.10. The first-order valence-corrected chi connectivity index (χ1v) is 5.14. The molecule has 13 heavy (non-hydrogen) atoms. The van der Waals surface area contributed by atoms with Crippen LogP contribution in [0.15, 0.2) is 18.2 Å². The van der Waals surface area contributed by atoms with Crippen LogP contribution in [0.1, 0.15) is 31.4 Å². The largest absolute Gasteiger partial charge is 0.383 e. The smallest absolute Gasteiger partial charge is 0.0377 e. The molecule has 1 aliphatic rings. The summed E-state index contributed by atoms with van der Waals surface area (Å²) in [6.45, 7) is 4.38. The fourth-order valence-corrected chi connectivity index (χ4v) is 2.07. The summed E-state index contributed by atoms with van der Waals surface area (Å²) < 4.78 is 0. The van der Waals surface area contributed by atoms with Crippen molar-refractivity contribution >= 4 is 5.69 Å². The van der Waals surface area contributed by atoms with Gasteiger partial charge in [-0.2, -0.15) is 0 Å². The number of aryl methyl sites for hydroxylation is 1. The standard InChI is InChI=1S/C12H17N/c1-9(2)13-12-8-4-6-10-5-3-7-11(10)12/h4,6,8-9,13H,3,5,7H2,1-2H3. The predicted molar refractivity (Wildman–Crippen MR) is 57.2 cm³/mol. The lowest BCUT2D eigenvalue weighted by atomic mass is 10.1. The maximum Gasteiger partial charge on any atom is 0.0377 e. The predicted octanol–water partition coefficient (Wildman–Crippen LogP) is 3.00. The van der Waals surface area contributed by atoms with Crippen molar-refractivity contribution in [1.29, 1.82) is 0 Å². The van der Waals surface area contributed by atoms with Gasteiger partial charge in [0.25, 0.3) is 0 Å². The van der Waals surface area contributed by atoms with Crippen molar-refractivity contribution < 1.29 is 0 Å². The molecule has 0 amide bonds. The van der Waals surface area contributed by atoms with E-state index in [0.717, 1.165) is 0 Å². The molecule has 0 atom stereocenters. The van der Waals surface area contributed by atoms with E-state index < -0.39 is 0 Å². The molecule has 0 fully saturated rings. The molecule has 1 aromatic carbocycles. The summed E-state index contributed by atoms with van der Waals surface area (Å²) in [5.74, 6) is 0. The van der Waals surface area contributed by atoms with Crippen molar-refractivity contribution in [2.45, 2.75) is 39.2 Å². The van der Waals surface area contributed by atoms with Crippen molar-refractivity contribution in [2.75, 3.05) is 5.32 Å². The molecule has 0 aliphatic heterocycles. The fraction of sp³-hybridized carbons (Fsp3) is 0.500. The molecule has 0 saturated carbocycles. The second-order valence-corrected chi connectivity index (χ2v) is 4.10. The Labute approximate surface area is 80.2 Å². The Balaban J connectivity index is 2.30. The number of rotatable bonds is 2. The SMILES string of the molecule is CC(C)Nc1cccc2c1CCC2. The van der Waals surface area contributed by atoms with E-state index in [-0.39, 0.29) is 0 Å². The first-order valence-electron chi connectivity index (χ1n) is 5.14. The van der Waals surface area contributed by atoms with Gasteiger partial charge in [0.1, 0.15) is 0 Å². The van der Waals surface area contributed by atoms with Gasteiger partial charge in [-0.3, -0.25) is 0 Å². The van der Waals surface area contributed by atoms with E-state index >= 15 is 0 Å². The summed E-state index contributed by atoms with van der Waals surface area (Å²) in [6, 6.07) is 7.15. The highest BCUT2D eigenvalue weighted by Crippen LogP contribution is 2.28. The zero-order valence-electron chi connectivity index (χ0n) is 8.43. The van der Waals surface area contributed by atoms with Gasteiger partial charge in [0.15, 0.2) is 0 Å². The lowest BCUT2D eigenvalue weighted by Crippen LogP contribution is -2.11. The molecule has 1 N–H and O–H groups in total. The van der Waals surface area contributed by atoms with Gasteiger partial charge in [0, 0.05) is 11.7 Å². The van der Waals surface area contributed by atoms with Crippen molar-refractivity contribution in [3.63, 3.8) is 0 Å². The molecule has 1 aliphatic carbocycles. The van der Waals surface area contributed by atoms with Crippen LogP contribution in [0.5, 0.6) is 0 Å². The third-order valence-electron chi connectivity index (χ3n) is 2.59. The van der Waals surface area contributed by atoms with Crippen LogP contribution < -0.4 is 5.32 Å². The van der Waals surface area contributed by atoms with Gasteiger partial charge in [-0.15, -0.1) is 0 Å². The van der Waals surface area contributed by atoms with E-state index in [9.17, 15) is 0 Å². The molecule has 1 aromatic rings. The highest BCUT2D eigenvalue weighted by Gasteiger charge is 2.13. The Bertz CT molecular complexity index is 302. The van der Waals surface area contributed by atoms with Crippen LogP contribution in [-0.4, -0.2) is 6.04 Å². The molecule has 0 radical (unpaired) electrons. The summed E-state index contributed by atoms with van der Waals surface area (Å²) in [5.41, 5.74) is 4.45. The minimum absolute atomic E-state index is 0.534. The van der Waals surface area contributed by atoms with Crippen molar-refractivity contribution in [2.24, 2.45) is 0 Å². The van der Waals surface area contributed by atoms with Crippen LogP contribution >= 0.6 is 0 Å². The highest BCUT2D eigenvalue weighted by atomic mass is 14.9. The second kappa shape index (κ2) is 3.41.